The predicted octanol–water partition coefficient (Wildman–Crippen LogP) is 5.15. The van der Waals surface area contributed by atoms with Gasteiger partial charge in [0.25, 0.3) is 5.91 Å². The van der Waals surface area contributed by atoms with Crippen LogP contribution in [0.25, 0.3) is 10.6 Å². The number of thiazole rings is 1. The lowest BCUT2D eigenvalue weighted by Crippen LogP contribution is -2.22. The van der Waals surface area contributed by atoms with Gasteiger partial charge in [-0.05, 0) is 51.5 Å². The Balaban J connectivity index is 1.73. The Hall–Kier alpha value is -2.86. The van der Waals surface area contributed by atoms with E-state index in [0.29, 0.717) is 36.8 Å². The van der Waals surface area contributed by atoms with Gasteiger partial charge in [-0.25, -0.2) is 4.98 Å². The molecule has 0 aliphatic heterocycles. The molecule has 0 aliphatic carbocycles. The molecular formula is C23H26N2O3S. The molecule has 1 heterocycles. The molecule has 0 aliphatic rings. The molecule has 0 atom stereocenters. The first-order valence-electron chi connectivity index (χ1n) is 9.73. The quantitative estimate of drug-likeness (QED) is 0.558. The fourth-order valence-electron chi connectivity index (χ4n) is 2.98. The molecule has 1 amide bonds. The normalized spacial score (nSPS) is 10.6. The van der Waals surface area contributed by atoms with Gasteiger partial charge in [0.05, 0.1) is 25.5 Å². The molecular weight excluding hydrogens is 384 g/mol. The standard InChI is InChI=1S/C23H26N2O3S/c1-5-27-19-12-11-17(13-20(19)28-6-2)22(26)24-14-21-16(4)25-23(29-21)18-10-8-7-9-15(18)3/h7-13H,5-6,14H2,1-4H3,(H,24,26). The molecule has 2 aromatic carbocycles. The first-order chi connectivity index (χ1) is 14.0. The van der Waals surface area contributed by atoms with Crippen molar-refractivity contribution in [1.29, 1.82) is 0 Å². The van der Waals surface area contributed by atoms with Crippen molar-refractivity contribution in [3.05, 3.63) is 64.2 Å². The van der Waals surface area contributed by atoms with Crippen LogP contribution >= 0.6 is 11.3 Å². The molecule has 0 unspecified atom stereocenters. The zero-order chi connectivity index (χ0) is 20.8. The van der Waals surface area contributed by atoms with E-state index >= 15 is 0 Å². The largest absolute Gasteiger partial charge is 0.490 e. The third kappa shape index (κ3) is 4.95. The minimum atomic E-state index is -0.153. The molecule has 0 radical (unpaired) electrons. The highest BCUT2D eigenvalue weighted by Crippen LogP contribution is 2.31. The van der Waals surface area contributed by atoms with Crippen molar-refractivity contribution in [2.45, 2.75) is 34.2 Å². The van der Waals surface area contributed by atoms with Crippen LogP contribution in [0.2, 0.25) is 0 Å². The zero-order valence-corrected chi connectivity index (χ0v) is 18.1. The summed E-state index contributed by atoms with van der Waals surface area (Å²) in [5.41, 5.74) is 3.80. The van der Waals surface area contributed by atoms with Crippen molar-refractivity contribution in [2.24, 2.45) is 0 Å². The molecule has 0 saturated carbocycles. The van der Waals surface area contributed by atoms with Gasteiger partial charge in [-0.1, -0.05) is 24.3 Å². The van der Waals surface area contributed by atoms with Gasteiger partial charge in [0.1, 0.15) is 5.01 Å². The molecule has 1 N–H and O–H groups in total. The summed E-state index contributed by atoms with van der Waals surface area (Å²) in [6.07, 6.45) is 0. The highest BCUT2D eigenvalue weighted by atomic mass is 32.1. The number of aromatic nitrogens is 1. The summed E-state index contributed by atoms with van der Waals surface area (Å²) in [5, 5.41) is 3.97. The number of nitrogens with one attached hydrogen (secondary N) is 1. The number of benzene rings is 2. The lowest BCUT2D eigenvalue weighted by Gasteiger charge is -2.12. The van der Waals surface area contributed by atoms with Gasteiger partial charge >= 0.3 is 0 Å². The number of nitrogens with zero attached hydrogens (tertiary/aromatic N) is 1. The number of carbonyl (C=O) groups excluding carboxylic acids is 1. The van der Waals surface area contributed by atoms with Crippen LogP contribution < -0.4 is 14.8 Å². The van der Waals surface area contributed by atoms with Crippen LogP contribution in [0.15, 0.2) is 42.5 Å². The van der Waals surface area contributed by atoms with Gasteiger partial charge in [0, 0.05) is 16.0 Å². The van der Waals surface area contributed by atoms with Crippen LogP contribution in [0, 0.1) is 13.8 Å². The maximum Gasteiger partial charge on any atom is 0.251 e. The molecule has 29 heavy (non-hydrogen) atoms. The number of aryl methyl sites for hydroxylation is 2. The van der Waals surface area contributed by atoms with Crippen molar-refractivity contribution in [3.63, 3.8) is 0 Å². The Morgan fingerprint density at radius 2 is 1.76 bits per heavy atom. The number of hydrogen-bond donors (Lipinski definition) is 1. The van der Waals surface area contributed by atoms with Crippen LogP contribution in [0.5, 0.6) is 11.5 Å². The summed E-state index contributed by atoms with van der Waals surface area (Å²) in [5.74, 6) is 1.07. The van der Waals surface area contributed by atoms with E-state index in [4.69, 9.17) is 14.5 Å². The number of rotatable bonds is 8. The van der Waals surface area contributed by atoms with Crippen LogP contribution in [-0.4, -0.2) is 24.1 Å². The van der Waals surface area contributed by atoms with Gasteiger partial charge < -0.3 is 14.8 Å². The molecule has 0 spiro atoms. The van der Waals surface area contributed by atoms with Crippen molar-refractivity contribution in [2.75, 3.05) is 13.2 Å². The smallest absolute Gasteiger partial charge is 0.251 e. The number of amides is 1. The van der Waals surface area contributed by atoms with E-state index in [9.17, 15) is 4.79 Å². The molecule has 6 heteroatoms. The van der Waals surface area contributed by atoms with Crippen molar-refractivity contribution >= 4 is 17.2 Å². The fraction of sp³-hybridized carbons (Fsp3) is 0.304. The summed E-state index contributed by atoms with van der Waals surface area (Å²) >= 11 is 1.61. The molecule has 3 rings (SSSR count). The summed E-state index contributed by atoms with van der Waals surface area (Å²) in [7, 11) is 0. The second-order valence-electron chi connectivity index (χ2n) is 6.55. The topological polar surface area (TPSA) is 60.5 Å². The van der Waals surface area contributed by atoms with Gasteiger partial charge in [0.2, 0.25) is 0 Å². The van der Waals surface area contributed by atoms with E-state index in [-0.39, 0.29) is 5.91 Å². The Kier molecular flexibility index (Phi) is 6.88. The van der Waals surface area contributed by atoms with Gasteiger partial charge in [-0.3, -0.25) is 4.79 Å². The number of hydrogen-bond acceptors (Lipinski definition) is 5. The summed E-state index contributed by atoms with van der Waals surface area (Å²) in [6, 6.07) is 13.4. The molecule has 0 fully saturated rings. The Morgan fingerprint density at radius 3 is 2.48 bits per heavy atom. The maximum atomic E-state index is 12.7. The zero-order valence-electron chi connectivity index (χ0n) is 17.2. The number of carbonyl (C=O) groups is 1. The third-order valence-corrected chi connectivity index (χ3v) is 5.67. The van der Waals surface area contributed by atoms with Gasteiger partial charge in [-0.15, -0.1) is 11.3 Å². The Labute approximate surface area is 175 Å². The van der Waals surface area contributed by atoms with Crippen LogP contribution in [-0.2, 0) is 6.54 Å². The highest BCUT2D eigenvalue weighted by Gasteiger charge is 2.14. The molecule has 3 aromatic rings. The summed E-state index contributed by atoms with van der Waals surface area (Å²) in [6.45, 7) is 9.36. The highest BCUT2D eigenvalue weighted by molar-refractivity contribution is 7.15. The average molecular weight is 411 g/mol. The molecule has 0 bridgehead atoms. The molecule has 5 nitrogen and oxygen atoms in total. The minimum absolute atomic E-state index is 0.153. The van der Waals surface area contributed by atoms with E-state index in [1.165, 1.54) is 5.56 Å². The third-order valence-electron chi connectivity index (χ3n) is 4.48. The average Bonchev–Trinajstić information content (AvgIpc) is 3.08. The van der Waals surface area contributed by atoms with Crippen molar-refractivity contribution < 1.29 is 14.3 Å². The fourth-order valence-corrected chi connectivity index (χ4v) is 4.07. The van der Waals surface area contributed by atoms with E-state index in [1.807, 2.05) is 32.9 Å². The van der Waals surface area contributed by atoms with Crippen LogP contribution in [0.1, 0.15) is 40.3 Å². The molecule has 0 saturated heterocycles. The van der Waals surface area contributed by atoms with E-state index < -0.39 is 0 Å². The van der Waals surface area contributed by atoms with Gasteiger partial charge in [0.15, 0.2) is 11.5 Å². The van der Waals surface area contributed by atoms with E-state index in [1.54, 1.807) is 29.5 Å². The lowest BCUT2D eigenvalue weighted by molar-refractivity contribution is 0.0950. The van der Waals surface area contributed by atoms with Crippen molar-refractivity contribution in [1.82, 2.24) is 10.3 Å². The first-order valence-corrected chi connectivity index (χ1v) is 10.5. The Morgan fingerprint density at radius 1 is 1.03 bits per heavy atom. The van der Waals surface area contributed by atoms with Gasteiger partial charge in [-0.2, -0.15) is 0 Å². The minimum Gasteiger partial charge on any atom is -0.490 e. The maximum absolute atomic E-state index is 12.7. The number of ether oxygens (including phenoxy) is 2. The Bertz CT molecular complexity index is 998. The summed E-state index contributed by atoms with van der Waals surface area (Å²) < 4.78 is 11.2. The monoisotopic (exact) mass is 410 g/mol. The van der Waals surface area contributed by atoms with Crippen molar-refractivity contribution in [3.8, 4) is 22.1 Å². The van der Waals surface area contributed by atoms with E-state index in [2.05, 4.69) is 24.4 Å². The second kappa shape index (κ2) is 9.56. The van der Waals surface area contributed by atoms with Crippen LogP contribution in [0.4, 0.5) is 0 Å². The van der Waals surface area contributed by atoms with E-state index in [0.717, 1.165) is 21.1 Å². The lowest BCUT2D eigenvalue weighted by atomic mass is 10.1. The van der Waals surface area contributed by atoms with Crippen LogP contribution in [0.3, 0.4) is 0 Å². The second-order valence-corrected chi connectivity index (χ2v) is 7.64. The molecule has 152 valence electrons. The predicted molar refractivity (Wildman–Crippen MR) is 117 cm³/mol. The molecule has 1 aromatic heterocycles. The summed E-state index contributed by atoms with van der Waals surface area (Å²) in [4.78, 5) is 18.4. The SMILES string of the molecule is CCOc1ccc(C(=O)NCc2sc(-c3ccccc3C)nc2C)cc1OCC. The first kappa shape index (κ1) is 20.9.